The van der Waals surface area contributed by atoms with Gasteiger partial charge in [0.15, 0.2) is 0 Å². The van der Waals surface area contributed by atoms with Crippen molar-refractivity contribution in [3.63, 3.8) is 0 Å². The molecule has 5 heteroatoms. The predicted octanol–water partition coefficient (Wildman–Crippen LogP) is 1.52. The molecule has 3 N–H and O–H groups in total. The smallest absolute Gasteiger partial charge is 0.305 e. The van der Waals surface area contributed by atoms with Crippen LogP contribution in [0.4, 0.5) is 0 Å². The summed E-state index contributed by atoms with van der Waals surface area (Å²) >= 11 is 0. The van der Waals surface area contributed by atoms with Crippen molar-refractivity contribution in [2.24, 2.45) is 5.92 Å². The van der Waals surface area contributed by atoms with Crippen LogP contribution in [0.3, 0.4) is 0 Å². The molecule has 1 aliphatic heterocycles. The van der Waals surface area contributed by atoms with Crippen LogP contribution in [0.5, 0.6) is 0 Å². The van der Waals surface area contributed by atoms with Gasteiger partial charge in [0, 0.05) is 18.5 Å². The van der Waals surface area contributed by atoms with Crippen molar-refractivity contribution in [3.8, 4) is 0 Å². The topological polar surface area (TPSA) is 78.4 Å². The third-order valence-corrected chi connectivity index (χ3v) is 3.68. The zero-order chi connectivity index (χ0) is 14.3. The van der Waals surface area contributed by atoms with Gasteiger partial charge in [0.25, 0.3) is 0 Å². The maximum absolute atomic E-state index is 11.9. The van der Waals surface area contributed by atoms with Gasteiger partial charge in [-0.2, -0.15) is 0 Å². The normalized spacial score (nSPS) is 21.1. The highest BCUT2D eigenvalue weighted by molar-refractivity contribution is 5.77. The Morgan fingerprint density at radius 2 is 2.11 bits per heavy atom. The number of hydrogen-bond donors (Lipinski definition) is 3. The van der Waals surface area contributed by atoms with Gasteiger partial charge < -0.3 is 15.7 Å². The number of amides is 1. The number of nitrogens with one attached hydrogen (secondary N) is 2. The van der Waals surface area contributed by atoms with Crippen molar-refractivity contribution in [3.05, 3.63) is 0 Å². The predicted molar refractivity (Wildman–Crippen MR) is 73.9 cm³/mol. The molecule has 1 saturated heterocycles. The van der Waals surface area contributed by atoms with E-state index in [9.17, 15) is 9.59 Å². The maximum atomic E-state index is 11.9. The molecular weight excluding hydrogens is 244 g/mol. The van der Waals surface area contributed by atoms with Crippen molar-refractivity contribution in [1.29, 1.82) is 0 Å². The summed E-state index contributed by atoms with van der Waals surface area (Å²) in [7, 11) is 0. The first-order chi connectivity index (χ1) is 8.99. The Bertz CT molecular complexity index is 299. The van der Waals surface area contributed by atoms with Crippen LogP contribution in [0.1, 0.15) is 52.4 Å². The quantitative estimate of drug-likeness (QED) is 0.655. The Hall–Kier alpha value is -1.10. The number of carbonyl (C=O) groups excluding carboxylic acids is 1. The van der Waals surface area contributed by atoms with E-state index in [4.69, 9.17) is 5.11 Å². The van der Waals surface area contributed by atoms with Gasteiger partial charge in [-0.1, -0.05) is 20.3 Å². The van der Waals surface area contributed by atoms with Gasteiger partial charge in [0.05, 0.1) is 6.42 Å². The van der Waals surface area contributed by atoms with Gasteiger partial charge in [-0.3, -0.25) is 9.59 Å². The molecule has 1 fully saturated rings. The number of carbonyl (C=O) groups is 2. The average molecular weight is 270 g/mol. The third-order valence-electron chi connectivity index (χ3n) is 3.68. The molecule has 2 unspecified atom stereocenters. The Labute approximate surface area is 115 Å². The lowest BCUT2D eigenvalue weighted by Crippen LogP contribution is -2.41. The summed E-state index contributed by atoms with van der Waals surface area (Å²) in [4.78, 5) is 22.6. The van der Waals surface area contributed by atoms with E-state index in [2.05, 4.69) is 10.6 Å². The molecule has 19 heavy (non-hydrogen) atoms. The lowest BCUT2D eigenvalue weighted by atomic mass is 9.99. The van der Waals surface area contributed by atoms with Crippen molar-refractivity contribution in [2.45, 2.75) is 64.5 Å². The van der Waals surface area contributed by atoms with Crippen molar-refractivity contribution in [2.75, 3.05) is 6.54 Å². The first-order valence-electron chi connectivity index (χ1n) is 7.23. The van der Waals surface area contributed by atoms with Crippen LogP contribution in [0.15, 0.2) is 0 Å². The largest absolute Gasteiger partial charge is 0.481 e. The Morgan fingerprint density at radius 3 is 2.63 bits per heavy atom. The monoisotopic (exact) mass is 270 g/mol. The Kier molecular flexibility index (Phi) is 6.84. The van der Waals surface area contributed by atoms with E-state index >= 15 is 0 Å². The van der Waals surface area contributed by atoms with E-state index in [1.54, 1.807) is 0 Å². The molecule has 0 aromatic carbocycles. The van der Waals surface area contributed by atoms with Crippen LogP contribution in [0, 0.1) is 5.92 Å². The third kappa shape index (κ3) is 6.57. The molecule has 0 radical (unpaired) electrons. The number of rotatable bonds is 7. The molecule has 1 rings (SSSR count). The van der Waals surface area contributed by atoms with Gasteiger partial charge in [-0.05, 0) is 31.7 Å². The van der Waals surface area contributed by atoms with Crippen LogP contribution in [-0.2, 0) is 9.59 Å². The maximum Gasteiger partial charge on any atom is 0.305 e. The molecule has 0 aromatic heterocycles. The van der Waals surface area contributed by atoms with Gasteiger partial charge in [0.1, 0.15) is 0 Å². The standard InChI is InChI=1S/C14H26N2O3/c1-10(2)12(9-14(18)19)16-13(17)7-6-11-5-3-4-8-15-11/h10-12,15H,3-9H2,1-2H3,(H,16,17)(H,18,19). The minimum Gasteiger partial charge on any atom is -0.481 e. The van der Waals surface area contributed by atoms with Gasteiger partial charge in [0.2, 0.25) is 5.91 Å². The van der Waals surface area contributed by atoms with Crippen LogP contribution in [0.2, 0.25) is 0 Å². The summed E-state index contributed by atoms with van der Waals surface area (Å²) in [5.41, 5.74) is 0. The van der Waals surface area contributed by atoms with Crippen LogP contribution in [0.25, 0.3) is 0 Å². The highest BCUT2D eigenvalue weighted by atomic mass is 16.4. The zero-order valence-electron chi connectivity index (χ0n) is 11.9. The van der Waals surface area contributed by atoms with Gasteiger partial charge >= 0.3 is 5.97 Å². The van der Waals surface area contributed by atoms with Crippen molar-refractivity contribution in [1.82, 2.24) is 10.6 Å². The highest BCUT2D eigenvalue weighted by Crippen LogP contribution is 2.12. The molecule has 1 heterocycles. The van der Waals surface area contributed by atoms with E-state index in [0.717, 1.165) is 19.4 Å². The number of carboxylic acids is 1. The summed E-state index contributed by atoms with van der Waals surface area (Å²) in [5.74, 6) is -0.770. The molecule has 1 amide bonds. The Morgan fingerprint density at radius 1 is 1.37 bits per heavy atom. The highest BCUT2D eigenvalue weighted by Gasteiger charge is 2.20. The molecular formula is C14H26N2O3. The fraction of sp³-hybridized carbons (Fsp3) is 0.857. The molecule has 2 atom stereocenters. The second-order valence-corrected chi connectivity index (χ2v) is 5.70. The van der Waals surface area contributed by atoms with Crippen LogP contribution < -0.4 is 10.6 Å². The molecule has 0 saturated carbocycles. The van der Waals surface area contributed by atoms with E-state index in [1.807, 2.05) is 13.8 Å². The Balaban J connectivity index is 2.29. The number of carboxylic acid groups (broad SMARTS) is 1. The van der Waals surface area contributed by atoms with E-state index in [0.29, 0.717) is 12.5 Å². The number of piperidine rings is 1. The fourth-order valence-corrected chi connectivity index (χ4v) is 2.40. The van der Waals surface area contributed by atoms with Crippen LogP contribution in [-0.4, -0.2) is 35.6 Å². The molecule has 0 aromatic rings. The molecule has 5 nitrogen and oxygen atoms in total. The SMILES string of the molecule is CC(C)C(CC(=O)O)NC(=O)CCC1CCCCN1. The molecule has 110 valence electrons. The lowest BCUT2D eigenvalue weighted by molar-refractivity contribution is -0.138. The molecule has 1 aliphatic rings. The van der Waals surface area contributed by atoms with E-state index in [1.165, 1.54) is 12.8 Å². The van der Waals surface area contributed by atoms with E-state index < -0.39 is 5.97 Å². The molecule has 0 bridgehead atoms. The summed E-state index contributed by atoms with van der Waals surface area (Å²) in [6.07, 6.45) is 4.88. The summed E-state index contributed by atoms with van der Waals surface area (Å²) < 4.78 is 0. The number of hydrogen-bond acceptors (Lipinski definition) is 3. The first-order valence-corrected chi connectivity index (χ1v) is 7.23. The van der Waals surface area contributed by atoms with Crippen LogP contribution >= 0.6 is 0 Å². The molecule has 0 aliphatic carbocycles. The van der Waals surface area contributed by atoms with Gasteiger partial charge in [-0.25, -0.2) is 0 Å². The minimum atomic E-state index is -0.868. The second kappa shape index (κ2) is 8.15. The van der Waals surface area contributed by atoms with Crippen molar-refractivity contribution < 1.29 is 14.7 Å². The van der Waals surface area contributed by atoms with E-state index in [-0.39, 0.29) is 24.3 Å². The van der Waals surface area contributed by atoms with Gasteiger partial charge in [-0.15, -0.1) is 0 Å². The lowest BCUT2D eigenvalue weighted by Gasteiger charge is -2.24. The summed E-state index contributed by atoms with van der Waals surface area (Å²) in [5, 5.41) is 15.1. The minimum absolute atomic E-state index is 0.00884. The zero-order valence-corrected chi connectivity index (χ0v) is 11.9. The summed E-state index contributed by atoms with van der Waals surface area (Å²) in [6, 6.07) is 0.167. The first kappa shape index (κ1) is 16.0. The van der Waals surface area contributed by atoms with Crippen molar-refractivity contribution >= 4 is 11.9 Å². The average Bonchev–Trinajstić information content (AvgIpc) is 2.36. The molecule has 0 spiro atoms. The number of aliphatic carboxylic acids is 1. The fourth-order valence-electron chi connectivity index (χ4n) is 2.40. The second-order valence-electron chi connectivity index (χ2n) is 5.70. The summed E-state index contributed by atoms with van der Waals surface area (Å²) in [6.45, 7) is 4.90.